The summed E-state index contributed by atoms with van der Waals surface area (Å²) in [5.41, 5.74) is 0.721. The van der Waals surface area contributed by atoms with Crippen LogP contribution >= 0.6 is 0 Å². The first-order valence-electron chi connectivity index (χ1n) is 10.1. The average molecular weight is 400 g/mol. The molecule has 0 saturated carbocycles. The number of unbranched alkanes of at least 4 members (excludes halogenated alkanes) is 1. The van der Waals surface area contributed by atoms with Gasteiger partial charge in [-0.25, -0.2) is 4.79 Å². The monoisotopic (exact) mass is 400 g/mol. The summed E-state index contributed by atoms with van der Waals surface area (Å²) >= 11 is 0. The fourth-order valence-corrected chi connectivity index (χ4v) is 3.17. The second-order valence-corrected chi connectivity index (χ2v) is 7.23. The zero-order chi connectivity index (χ0) is 20.6. The van der Waals surface area contributed by atoms with Gasteiger partial charge in [0.05, 0.1) is 6.61 Å². The van der Waals surface area contributed by atoms with E-state index in [0.717, 1.165) is 24.3 Å². The number of nitrogens with one attached hydrogen (secondary N) is 2. The van der Waals surface area contributed by atoms with E-state index in [1.54, 1.807) is 17.9 Å². The van der Waals surface area contributed by atoms with Crippen LogP contribution < -0.4 is 15.4 Å². The van der Waals surface area contributed by atoms with Gasteiger partial charge in [-0.1, -0.05) is 18.5 Å². The van der Waals surface area contributed by atoms with Gasteiger partial charge in [0.15, 0.2) is 5.82 Å². The summed E-state index contributed by atoms with van der Waals surface area (Å²) in [6.45, 7) is 5.64. The van der Waals surface area contributed by atoms with E-state index in [9.17, 15) is 9.59 Å². The first-order chi connectivity index (χ1) is 14.0. The molecule has 1 aromatic carbocycles. The minimum atomic E-state index is -0.157. The largest absolute Gasteiger partial charge is 0.494 e. The lowest BCUT2D eigenvalue weighted by molar-refractivity contribution is -0.121. The summed E-state index contributed by atoms with van der Waals surface area (Å²) in [7, 11) is 0. The van der Waals surface area contributed by atoms with Crippen molar-refractivity contribution in [3.05, 3.63) is 36.1 Å². The number of rotatable bonds is 7. The number of nitrogens with zero attached hydrogens (tertiary/aromatic N) is 2. The molecular weight excluding hydrogens is 372 g/mol. The number of aromatic nitrogens is 1. The highest BCUT2D eigenvalue weighted by atomic mass is 16.5. The zero-order valence-corrected chi connectivity index (χ0v) is 16.9. The Morgan fingerprint density at radius 3 is 2.55 bits per heavy atom. The van der Waals surface area contributed by atoms with E-state index in [1.165, 1.54) is 0 Å². The van der Waals surface area contributed by atoms with Crippen molar-refractivity contribution < 1.29 is 18.8 Å². The molecule has 2 heterocycles. The van der Waals surface area contributed by atoms with Crippen molar-refractivity contribution >= 4 is 23.4 Å². The lowest BCUT2D eigenvalue weighted by Gasteiger charge is -2.31. The maximum absolute atomic E-state index is 12.5. The molecule has 1 aliphatic rings. The molecular formula is C21H28N4O4. The van der Waals surface area contributed by atoms with E-state index in [2.05, 4.69) is 22.7 Å². The minimum Gasteiger partial charge on any atom is -0.494 e. The third-order valence-electron chi connectivity index (χ3n) is 4.90. The number of hydrogen-bond donors (Lipinski definition) is 2. The number of hydrogen-bond acceptors (Lipinski definition) is 5. The maximum atomic E-state index is 12.5. The van der Waals surface area contributed by atoms with E-state index >= 15 is 0 Å². The molecule has 0 bridgehead atoms. The summed E-state index contributed by atoms with van der Waals surface area (Å²) in [6.07, 6.45) is 3.33. The second-order valence-electron chi connectivity index (χ2n) is 7.23. The van der Waals surface area contributed by atoms with Crippen molar-refractivity contribution in [2.24, 2.45) is 5.92 Å². The summed E-state index contributed by atoms with van der Waals surface area (Å²) in [6, 6.07) is 8.90. The van der Waals surface area contributed by atoms with E-state index in [-0.39, 0.29) is 17.9 Å². The molecule has 3 rings (SSSR count). The van der Waals surface area contributed by atoms with Crippen LogP contribution in [0.15, 0.2) is 34.9 Å². The second kappa shape index (κ2) is 9.95. The molecule has 1 aromatic heterocycles. The molecule has 0 radical (unpaired) electrons. The van der Waals surface area contributed by atoms with Gasteiger partial charge in [-0.15, -0.1) is 0 Å². The Kier molecular flexibility index (Phi) is 7.10. The Balaban J connectivity index is 1.43. The molecule has 2 N–H and O–H groups in total. The molecule has 8 heteroatoms. The number of carbonyl (C=O) groups is 2. The van der Waals surface area contributed by atoms with Crippen molar-refractivity contribution in [1.29, 1.82) is 0 Å². The molecule has 2 aromatic rings. The molecule has 1 saturated heterocycles. The van der Waals surface area contributed by atoms with Crippen LogP contribution in [-0.4, -0.2) is 41.7 Å². The predicted octanol–water partition coefficient (Wildman–Crippen LogP) is 4.04. The first-order valence-corrected chi connectivity index (χ1v) is 10.1. The van der Waals surface area contributed by atoms with E-state index < -0.39 is 0 Å². The minimum absolute atomic E-state index is 0.0861. The summed E-state index contributed by atoms with van der Waals surface area (Å²) in [5.74, 6) is 1.64. The van der Waals surface area contributed by atoms with Crippen molar-refractivity contribution in [3.63, 3.8) is 0 Å². The van der Waals surface area contributed by atoms with Crippen molar-refractivity contribution in [1.82, 2.24) is 10.1 Å². The van der Waals surface area contributed by atoms with Crippen LogP contribution in [0.25, 0.3) is 0 Å². The number of carbonyl (C=O) groups excluding carboxylic acids is 2. The Hall–Kier alpha value is -3.03. The maximum Gasteiger partial charge on any atom is 0.321 e. The van der Waals surface area contributed by atoms with Crippen LogP contribution in [0.2, 0.25) is 0 Å². The van der Waals surface area contributed by atoms with Crippen molar-refractivity contribution in [2.45, 2.75) is 39.5 Å². The molecule has 0 unspecified atom stereocenters. The Morgan fingerprint density at radius 2 is 1.93 bits per heavy atom. The molecule has 1 aliphatic heterocycles. The lowest BCUT2D eigenvalue weighted by Crippen LogP contribution is -2.43. The highest BCUT2D eigenvalue weighted by molar-refractivity contribution is 5.92. The fraction of sp³-hybridized carbons (Fsp3) is 0.476. The lowest BCUT2D eigenvalue weighted by atomic mass is 9.96. The highest BCUT2D eigenvalue weighted by Crippen LogP contribution is 2.21. The van der Waals surface area contributed by atoms with Crippen LogP contribution in [0, 0.1) is 12.8 Å². The molecule has 1 fully saturated rings. The molecule has 0 atom stereocenters. The van der Waals surface area contributed by atoms with Gasteiger partial charge < -0.3 is 24.8 Å². The number of amides is 3. The highest BCUT2D eigenvalue weighted by Gasteiger charge is 2.27. The molecule has 0 aliphatic carbocycles. The standard InChI is InChI=1S/C21H28N4O4/c1-3-4-13-28-18-7-5-17(6-8-18)22-21(27)25-11-9-16(10-12-25)20(26)23-19-14-15(2)29-24-19/h5-8,14,16H,3-4,9-13H2,1-2H3,(H,22,27)(H,23,24,26). The number of urea groups is 1. The van der Waals surface area contributed by atoms with Crippen LogP contribution in [0.1, 0.15) is 38.4 Å². The van der Waals surface area contributed by atoms with Gasteiger partial charge in [0.2, 0.25) is 5.91 Å². The van der Waals surface area contributed by atoms with Crippen molar-refractivity contribution in [3.8, 4) is 5.75 Å². The predicted molar refractivity (Wildman–Crippen MR) is 110 cm³/mol. The Labute approximate surface area is 170 Å². The topological polar surface area (TPSA) is 96.7 Å². The van der Waals surface area contributed by atoms with Crippen LogP contribution in [-0.2, 0) is 4.79 Å². The number of anilines is 2. The van der Waals surface area contributed by atoms with Gasteiger partial charge in [0, 0.05) is 30.8 Å². The molecule has 8 nitrogen and oxygen atoms in total. The van der Waals surface area contributed by atoms with Crippen LogP contribution in [0.3, 0.4) is 0 Å². The Morgan fingerprint density at radius 1 is 1.21 bits per heavy atom. The number of aryl methyl sites for hydroxylation is 1. The quantitative estimate of drug-likeness (QED) is 0.684. The summed E-state index contributed by atoms with van der Waals surface area (Å²) < 4.78 is 10.6. The number of ether oxygens (including phenoxy) is 1. The van der Waals surface area contributed by atoms with E-state index in [1.807, 2.05) is 24.3 Å². The van der Waals surface area contributed by atoms with Crippen LogP contribution in [0.5, 0.6) is 5.75 Å². The number of likely N-dealkylation sites (tertiary alicyclic amines) is 1. The van der Waals surface area contributed by atoms with Gasteiger partial charge in [-0.3, -0.25) is 4.79 Å². The van der Waals surface area contributed by atoms with Crippen molar-refractivity contribution in [2.75, 3.05) is 30.3 Å². The van der Waals surface area contributed by atoms with Crippen LogP contribution in [0.4, 0.5) is 16.3 Å². The number of benzene rings is 1. The SMILES string of the molecule is CCCCOc1ccc(NC(=O)N2CCC(C(=O)Nc3cc(C)on3)CC2)cc1. The first kappa shape index (κ1) is 20.7. The third-order valence-corrected chi connectivity index (χ3v) is 4.90. The normalized spacial score (nSPS) is 14.5. The molecule has 0 spiro atoms. The number of piperidine rings is 1. The molecule has 29 heavy (non-hydrogen) atoms. The van der Waals surface area contributed by atoms with Gasteiger partial charge in [-0.05, 0) is 50.5 Å². The van der Waals surface area contributed by atoms with Gasteiger partial charge in [0.1, 0.15) is 11.5 Å². The smallest absolute Gasteiger partial charge is 0.321 e. The van der Waals surface area contributed by atoms with E-state index in [4.69, 9.17) is 9.26 Å². The average Bonchev–Trinajstić information content (AvgIpc) is 3.14. The fourth-order valence-electron chi connectivity index (χ4n) is 3.17. The van der Waals surface area contributed by atoms with E-state index in [0.29, 0.717) is 44.1 Å². The van der Waals surface area contributed by atoms with Gasteiger partial charge in [-0.2, -0.15) is 0 Å². The zero-order valence-electron chi connectivity index (χ0n) is 16.9. The summed E-state index contributed by atoms with van der Waals surface area (Å²) in [4.78, 5) is 26.6. The van der Waals surface area contributed by atoms with Gasteiger partial charge >= 0.3 is 6.03 Å². The molecule has 156 valence electrons. The third kappa shape index (κ3) is 5.97. The summed E-state index contributed by atoms with van der Waals surface area (Å²) in [5, 5.41) is 9.44. The molecule has 3 amide bonds. The Bertz CT molecular complexity index is 810. The van der Waals surface area contributed by atoms with Gasteiger partial charge in [0.25, 0.3) is 0 Å².